The maximum Gasteiger partial charge on any atom is 0.148 e. The van der Waals surface area contributed by atoms with Gasteiger partial charge < -0.3 is 16.0 Å². The summed E-state index contributed by atoms with van der Waals surface area (Å²) in [5.41, 5.74) is 7.35. The highest BCUT2D eigenvalue weighted by Gasteiger charge is 2.25. The highest BCUT2D eigenvalue weighted by Crippen LogP contribution is 2.28. The molecule has 1 aromatic carbocycles. The molecule has 2 fully saturated rings. The van der Waals surface area contributed by atoms with Crippen molar-refractivity contribution in [3.63, 3.8) is 0 Å². The lowest BCUT2D eigenvalue weighted by Crippen LogP contribution is -2.44. The monoisotopic (exact) mass is 249 g/mol. The van der Waals surface area contributed by atoms with Gasteiger partial charge in [0.15, 0.2) is 0 Å². The van der Waals surface area contributed by atoms with E-state index in [1.54, 1.807) is 6.07 Å². The number of nitrogens with one attached hydrogen (secondary N) is 1. The molecule has 4 heteroatoms. The van der Waals surface area contributed by atoms with Crippen LogP contribution in [0.2, 0.25) is 0 Å². The first-order chi connectivity index (χ1) is 8.72. The first kappa shape index (κ1) is 11.8. The molecule has 1 heterocycles. The molecule has 0 unspecified atom stereocenters. The Kier molecular flexibility index (Phi) is 3.12. The predicted octanol–water partition coefficient (Wildman–Crippen LogP) is 2.33. The van der Waals surface area contributed by atoms with Gasteiger partial charge in [0.2, 0.25) is 0 Å². The largest absolute Gasteiger partial charge is 0.382 e. The van der Waals surface area contributed by atoms with E-state index in [0.717, 1.165) is 37.3 Å². The van der Waals surface area contributed by atoms with Crippen molar-refractivity contribution in [1.29, 1.82) is 0 Å². The summed E-state index contributed by atoms with van der Waals surface area (Å²) in [6.45, 7) is 1.95. The average Bonchev–Trinajstić information content (AvgIpc) is 2.80. The number of anilines is 2. The van der Waals surface area contributed by atoms with Crippen LogP contribution in [0.5, 0.6) is 0 Å². The molecular formula is C14H20FN3. The van der Waals surface area contributed by atoms with Gasteiger partial charge in [-0.3, -0.25) is 0 Å². The normalized spacial score (nSPS) is 27.1. The molecule has 0 bridgehead atoms. The number of halogens is 1. The first-order valence-electron chi connectivity index (χ1n) is 6.79. The second-order valence-electron chi connectivity index (χ2n) is 5.43. The molecule has 1 aromatic rings. The van der Waals surface area contributed by atoms with Crippen molar-refractivity contribution in [3.8, 4) is 0 Å². The van der Waals surface area contributed by atoms with Crippen LogP contribution in [0.1, 0.15) is 25.7 Å². The number of nitrogens with zero attached hydrogens (tertiary/aromatic N) is 1. The second-order valence-corrected chi connectivity index (χ2v) is 5.43. The molecule has 0 spiro atoms. The molecule has 3 rings (SSSR count). The minimum absolute atomic E-state index is 0.120. The van der Waals surface area contributed by atoms with Gasteiger partial charge in [-0.2, -0.15) is 0 Å². The van der Waals surface area contributed by atoms with Gasteiger partial charge in [-0.1, -0.05) is 0 Å². The second kappa shape index (κ2) is 4.76. The molecule has 0 amide bonds. The standard InChI is InChI=1S/C14H20FN3/c15-13-9-11(17-12-7-10(16)8-12)3-4-14(13)18-5-1-2-6-18/h3-4,9-10,12,17H,1-2,5-8,16H2. The zero-order valence-corrected chi connectivity index (χ0v) is 10.5. The predicted molar refractivity (Wildman–Crippen MR) is 72.5 cm³/mol. The van der Waals surface area contributed by atoms with Crippen LogP contribution in [0, 0.1) is 5.82 Å². The molecule has 3 N–H and O–H groups in total. The number of hydrogen-bond donors (Lipinski definition) is 2. The maximum atomic E-state index is 14.0. The van der Waals surface area contributed by atoms with Gasteiger partial charge in [-0.15, -0.1) is 0 Å². The Morgan fingerprint density at radius 1 is 1.22 bits per heavy atom. The third-order valence-corrected chi connectivity index (χ3v) is 3.94. The molecule has 0 radical (unpaired) electrons. The number of hydrogen-bond acceptors (Lipinski definition) is 3. The summed E-state index contributed by atoms with van der Waals surface area (Å²) in [4.78, 5) is 2.12. The minimum atomic E-state index is -0.120. The van der Waals surface area contributed by atoms with Crippen molar-refractivity contribution in [1.82, 2.24) is 0 Å². The molecule has 98 valence electrons. The fraction of sp³-hybridized carbons (Fsp3) is 0.571. The van der Waals surface area contributed by atoms with Gasteiger partial charge >= 0.3 is 0 Å². The van der Waals surface area contributed by atoms with Crippen LogP contribution in [0.3, 0.4) is 0 Å². The maximum absolute atomic E-state index is 14.0. The Bertz CT molecular complexity index is 423. The Hall–Kier alpha value is -1.29. The molecule has 0 atom stereocenters. The van der Waals surface area contributed by atoms with Crippen molar-refractivity contribution in [2.24, 2.45) is 5.73 Å². The molecule has 1 saturated carbocycles. The van der Waals surface area contributed by atoms with E-state index in [0.29, 0.717) is 12.1 Å². The van der Waals surface area contributed by atoms with Crippen LogP contribution in [0.25, 0.3) is 0 Å². The minimum Gasteiger partial charge on any atom is -0.382 e. The quantitative estimate of drug-likeness (QED) is 0.864. The third kappa shape index (κ3) is 2.29. The first-order valence-corrected chi connectivity index (χ1v) is 6.79. The van der Waals surface area contributed by atoms with Crippen LogP contribution < -0.4 is 16.0 Å². The average molecular weight is 249 g/mol. The van der Waals surface area contributed by atoms with Gasteiger partial charge in [-0.05, 0) is 43.9 Å². The van der Waals surface area contributed by atoms with Crippen LogP contribution >= 0.6 is 0 Å². The van der Waals surface area contributed by atoms with E-state index in [-0.39, 0.29) is 5.82 Å². The summed E-state index contributed by atoms with van der Waals surface area (Å²) >= 11 is 0. The van der Waals surface area contributed by atoms with Crippen molar-refractivity contribution >= 4 is 11.4 Å². The number of rotatable bonds is 3. The Morgan fingerprint density at radius 3 is 2.56 bits per heavy atom. The highest BCUT2D eigenvalue weighted by molar-refractivity contribution is 5.57. The molecule has 0 aromatic heterocycles. The SMILES string of the molecule is NC1CC(Nc2ccc(N3CCCC3)c(F)c2)C1. The Morgan fingerprint density at radius 2 is 1.94 bits per heavy atom. The molecule has 1 saturated heterocycles. The van der Waals surface area contributed by atoms with Gasteiger partial charge in [0.1, 0.15) is 5.82 Å². The topological polar surface area (TPSA) is 41.3 Å². The third-order valence-electron chi connectivity index (χ3n) is 3.94. The zero-order valence-electron chi connectivity index (χ0n) is 10.5. The van der Waals surface area contributed by atoms with Crippen LogP contribution in [-0.4, -0.2) is 25.2 Å². The Labute approximate surface area is 107 Å². The molecular weight excluding hydrogens is 229 g/mol. The van der Waals surface area contributed by atoms with Crippen LogP contribution in [0.15, 0.2) is 18.2 Å². The lowest BCUT2D eigenvalue weighted by atomic mass is 9.87. The molecule has 1 aliphatic heterocycles. The van der Waals surface area contributed by atoms with Crippen molar-refractivity contribution in [2.45, 2.75) is 37.8 Å². The van der Waals surface area contributed by atoms with E-state index in [2.05, 4.69) is 10.2 Å². The van der Waals surface area contributed by atoms with Gasteiger partial charge in [0.05, 0.1) is 5.69 Å². The molecule has 1 aliphatic carbocycles. The summed E-state index contributed by atoms with van der Waals surface area (Å²) in [6, 6.07) is 6.20. The van der Waals surface area contributed by atoms with Gasteiger partial charge in [-0.25, -0.2) is 4.39 Å². The van der Waals surface area contributed by atoms with Crippen LogP contribution in [-0.2, 0) is 0 Å². The lowest BCUT2D eigenvalue weighted by Gasteiger charge is -2.34. The van der Waals surface area contributed by atoms with E-state index >= 15 is 0 Å². The van der Waals surface area contributed by atoms with Gasteiger partial charge in [0.25, 0.3) is 0 Å². The van der Waals surface area contributed by atoms with E-state index < -0.39 is 0 Å². The molecule has 3 nitrogen and oxygen atoms in total. The summed E-state index contributed by atoms with van der Waals surface area (Å²) in [5, 5.41) is 3.33. The summed E-state index contributed by atoms with van der Waals surface area (Å²) in [7, 11) is 0. The van der Waals surface area contributed by atoms with Crippen molar-refractivity contribution < 1.29 is 4.39 Å². The summed E-state index contributed by atoms with van der Waals surface area (Å²) in [5.74, 6) is -0.120. The van der Waals surface area contributed by atoms with Crippen molar-refractivity contribution in [2.75, 3.05) is 23.3 Å². The molecule has 18 heavy (non-hydrogen) atoms. The fourth-order valence-corrected chi connectivity index (χ4v) is 2.83. The highest BCUT2D eigenvalue weighted by atomic mass is 19.1. The number of nitrogens with two attached hydrogens (primary N) is 1. The van der Waals surface area contributed by atoms with E-state index in [4.69, 9.17) is 5.73 Å². The Balaban J connectivity index is 1.68. The van der Waals surface area contributed by atoms with E-state index in [9.17, 15) is 4.39 Å². The zero-order chi connectivity index (χ0) is 12.5. The summed E-state index contributed by atoms with van der Waals surface area (Å²) < 4.78 is 14.0. The fourth-order valence-electron chi connectivity index (χ4n) is 2.83. The van der Waals surface area contributed by atoms with E-state index in [1.807, 2.05) is 12.1 Å². The van der Waals surface area contributed by atoms with Crippen LogP contribution in [0.4, 0.5) is 15.8 Å². The lowest BCUT2D eigenvalue weighted by molar-refractivity contribution is 0.373. The van der Waals surface area contributed by atoms with E-state index in [1.165, 1.54) is 12.8 Å². The van der Waals surface area contributed by atoms with Crippen molar-refractivity contribution in [3.05, 3.63) is 24.0 Å². The smallest absolute Gasteiger partial charge is 0.148 e. The van der Waals surface area contributed by atoms with Gasteiger partial charge in [0, 0.05) is 30.9 Å². The summed E-state index contributed by atoms with van der Waals surface area (Å²) in [6.07, 6.45) is 4.30. The number of benzene rings is 1. The molecule has 2 aliphatic rings.